The molecule has 1 N–H and O–H groups in total. The number of aryl methyl sites for hydroxylation is 3. The molecule has 30 heavy (non-hydrogen) atoms. The first-order valence-corrected chi connectivity index (χ1v) is 10.0. The molecule has 0 saturated carbocycles. The summed E-state index contributed by atoms with van der Waals surface area (Å²) in [5.74, 6) is -0.773. The number of halogens is 1. The standard InChI is InChI=1S/C25H21ClN2O2/c1-15-4-9-18(10-5-15)22-23(27-20-12-6-16(2)7-13-20)25(30)28(24(22)29)21-14-19(26)11-8-17(21)3/h4-14,27H,1-3H3. The van der Waals surface area contributed by atoms with Gasteiger partial charge >= 0.3 is 0 Å². The van der Waals surface area contributed by atoms with Crippen molar-refractivity contribution in [1.82, 2.24) is 0 Å². The first-order chi connectivity index (χ1) is 14.3. The molecule has 4 rings (SSSR count). The first kappa shape index (κ1) is 19.9. The third-order valence-corrected chi connectivity index (χ3v) is 5.39. The Morgan fingerprint density at radius 1 is 0.767 bits per heavy atom. The lowest BCUT2D eigenvalue weighted by Crippen LogP contribution is -2.33. The van der Waals surface area contributed by atoms with Crippen LogP contribution >= 0.6 is 11.6 Å². The van der Waals surface area contributed by atoms with Crippen molar-refractivity contribution in [3.63, 3.8) is 0 Å². The third kappa shape index (κ3) is 3.62. The zero-order valence-electron chi connectivity index (χ0n) is 17.0. The number of rotatable bonds is 4. The van der Waals surface area contributed by atoms with E-state index in [2.05, 4.69) is 5.32 Å². The Hall–Kier alpha value is -3.37. The second kappa shape index (κ2) is 7.81. The van der Waals surface area contributed by atoms with Crippen LogP contribution in [0.2, 0.25) is 5.02 Å². The number of hydrogen-bond acceptors (Lipinski definition) is 3. The molecule has 0 bridgehead atoms. The molecule has 1 aliphatic rings. The molecule has 0 atom stereocenters. The van der Waals surface area contributed by atoms with Gasteiger partial charge in [-0.05, 0) is 56.2 Å². The van der Waals surface area contributed by atoms with Gasteiger partial charge in [0, 0.05) is 10.7 Å². The van der Waals surface area contributed by atoms with Gasteiger partial charge in [-0.3, -0.25) is 9.59 Å². The highest BCUT2D eigenvalue weighted by Gasteiger charge is 2.40. The molecule has 0 aromatic heterocycles. The molecule has 3 aromatic rings. The normalized spacial score (nSPS) is 13.9. The maximum atomic E-state index is 13.5. The number of nitrogens with zero attached hydrogens (tertiary/aromatic N) is 1. The number of carbonyl (C=O) groups excluding carboxylic acids is 2. The van der Waals surface area contributed by atoms with Gasteiger partial charge in [-0.2, -0.15) is 0 Å². The Labute approximate surface area is 180 Å². The van der Waals surface area contributed by atoms with Crippen LogP contribution in [0.1, 0.15) is 22.3 Å². The molecular weight excluding hydrogens is 396 g/mol. The number of anilines is 2. The maximum absolute atomic E-state index is 13.5. The highest BCUT2D eigenvalue weighted by molar-refractivity contribution is 6.46. The molecule has 0 spiro atoms. The summed E-state index contributed by atoms with van der Waals surface area (Å²) < 4.78 is 0. The van der Waals surface area contributed by atoms with Crippen molar-refractivity contribution < 1.29 is 9.59 Å². The van der Waals surface area contributed by atoms with Gasteiger partial charge in [-0.1, -0.05) is 65.2 Å². The Bertz CT molecular complexity index is 1180. The van der Waals surface area contributed by atoms with Crippen molar-refractivity contribution in [3.05, 3.63) is 99.7 Å². The lowest BCUT2D eigenvalue weighted by atomic mass is 10.0. The Balaban J connectivity index is 1.84. The average Bonchev–Trinajstić information content (AvgIpc) is 2.96. The van der Waals surface area contributed by atoms with E-state index in [1.807, 2.05) is 69.3 Å². The van der Waals surface area contributed by atoms with E-state index in [9.17, 15) is 9.59 Å². The monoisotopic (exact) mass is 416 g/mol. The first-order valence-electron chi connectivity index (χ1n) is 9.65. The molecule has 0 saturated heterocycles. The van der Waals surface area contributed by atoms with Crippen LogP contribution in [0, 0.1) is 20.8 Å². The van der Waals surface area contributed by atoms with Crippen molar-refractivity contribution >= 4 is 40.4 Å². The zero-order chi connectivity index (χ0) is 21.4. The Morgan fingerprint density at radius 3 is 2.00 bits per heavy atom. The quantitative estimate of drug-likeness (QED) is 0.558. The minimum atomic E-state index is -0.401. The lowest BCUT2D eigenvalue weighted by Gasteiger charge is -2.18. The minimum Gasteiger partial charge on any atom is -0.350 e. The van der Waals surface area contributed by atoms with Gasteiger partial charge in [0.15, 0.2) is 0 Å². The fraction of sp³-hybridized carbons (Fsp3) is 0.120. The van der Waals surface area contributed by atoms with E-state index < -0.39 is 5.91 Å². The number of benzene rings is 3. The second-order valence-corrected chi connectivity index (χ2v) is 7.92. The number of hydrogen-bond donors (Lipinski definition) is 1. The van der Waals surface area contributed by atoms with E-state index in [-0.39, 0.29) is 11.6 Å². The second-order valence-electron chi connectivity index (χ2n) is 7.48. The summed E-state index contributed by atoms with van der Waals surface area (Å²) >= 11 is 6.16. The molecule has 4 nitrogen and oxygen atoms in total. The maximum Gasteiger partial charge on any atom is 0.282 e. The lowest BCUT2D eigenvalue weighted by molar-refractivity contribution is -0.120. The van der Waals surface area contributed by atoms with E-state index in [0.29, 0.717) is 21.8 Å². The number of amides is 2. The summed E-state index contributed by atoms with van der Waals surface area (Å²) in [7, 11) is 0. The van der Waals surface area contributed by atoms with Crippen LogP contribution in [0.5, 0.6) is 0 Å². The molecule has 0 fully saturated rings. The van der Waals surface area contributed by atoms with Crippen molar-refractivity contribution in [2.45, 2.75) is 20.8 Å². The van der Waals surface area contributed by atoms with Gasteiger partial charge < -0.3 is 5.32 Å². The zero-order valence-corrected chi connectivity index (χ0v) is 17.7. The molecule has 0 radical (unpaired) electrons. The molecule has 3 aromatic carbocycles. The van der Waals surface area contributed by atoms with Gasteiger partial charge in [0.1, 0.15) is 5.70 Å². The van der Waals surface area contributed by atoms with E-state index in [1.165, 1.54) is 4.90 Å². The summed E-state index contributed by atoms with van der Waals surface area (Å²) in [6, 6.07) is 20.5. The van der Waals surface area contributed by atoms with E-state index in [4.69, 9.17) is 11.6 Å². The van der Waals surface area contributed by atoms with Crippen molar-refractivity contribution in [1.29, 1.82) is 0 Å². The Kier molecular flexibility index (Phi) is 5.18. The number of imide groups is 1. The van der Waals surface area contributed by atoms with Crippen molar-refractivity contribution in [2.24, 2.45) is 0 Å². The minimum absolute atomic E-state index is 0.257. The fourth-order valence-electron chi connectivity index (χ4n) is 3.46. The predicted molar refractivity (Wildman–Crippen MR) is 122 cm³/mol. The predicted octanol–water partition coefficient (Wildman–Crippen LogP) is 5.66. The number of carbonyl (C=O) groups is 2. The highest BCUT2D eigenvalue weighted by Crippen LogP contribution is 2.36. The van der Waals surface area contributed by atoms with Gasteiger partial charge in [0.25, 0.3) is 11.8 Å². The summed E-state index contributed by atoms with van der Waals surface area (Å²) in [6.07, 6.45) is 0. The van der Waals surface area contributed by atoms with E-state index in [0.717, 1.165) is 22.4 Å². The van der Waals surface area contributed by atoms with Crippen LogP contribution in [0.4, 0.5) is 11.4 Å². The molecule has 0 unspecified atom stereocenters. The van der Waals surface area contributed by atoms with Gasteiger partial charge in [0.05, 0.1) is 11.3 Å². The summed E-state index contributed by atoms with van der Waals surface area (Å²) in [4.78, 5) is 28.1. The van der Waals surface area contributed by atoms with Crippen LogP contribution in [-0.2, 0) is 9.59 Å². The largest absolute Gasteiger partial charge is 0.350 e. The molecule has 1 aliphatic heterocycles. The van der Waals surface area contributed by atoms with Gasteiger partial charge in [0.2, 0.25) is 0 Å². The molecule has 5 heteroatoms. The van der Waals surface area contributed by atoms with Crippen molar-refractivity contribution in [3.8, 4) is 0 Å². The van der Waals surface area contributed by atoms with E-state index >= 15 is 0 Å². The van der Waals surface area contributed by atoms with Crippen molar-refractivity contribution in [2.75, 3.05) is 10.2 Å². The van der Waals surface area contributed by atoms with Crippen LogP contribution in [0.15, 0.2) is 72.4 Å². The SMILES string of the molecule is Cc1ccc(NC2=C(c3ccc(C)cc3)C(=O)N(c3cc(Cl)ccc3C)C2=O)cc1. The summed E-state index contributed by atoms with van der Waals surface area (Å²) in [5, 5.41) is 3.65. The molecule has 1 heterocycles. The van der Waals surface area contributed by atoms with Gasteiger partial charge in [-0.25, -0.2) is 4.90 Å². The molecule has 150 valence electrons. The summed E-state index contributed by atoms with van der Waals surface area (Å²) in [6.45, 7) is 5.82. The molecule has 0 aliphatic carbocycles. The summed E-state index contributed by atoms with van der Waals surface area (Å²) in [5.41, 5.74) is 5.50. The van der Waals surface area contributed by atoms with Crippen LogP contribution in [0.3, 0.4) is 0 Å². The van der Waals surface area contributed by atoms with Gasteiger partial charge in [-0.15, -0.1) is 0 Å². The fourth-order valence-corrected chi connectivity index (χ4v) is 3.62. The van der Waals surface area contributed by atoms with E-state index in [1.54, 1.807) is 18.2 Å². The van der Waals surface area contributed by atoms with Crippen LogP contribution in [0.25, 0.3) is 5.57 Å². The smallest absolute Gasteiger partial charge is 0.282 e. The average molecular weight is 417 g/mol. The number of nitrogens with one attached hydrogen (secondary N) is 1. The highest BCUT2D eigenvalue weighted by atomic mass is 35.5. The van der Waals surface area contributed by atoms with Crippen LogP contribution in [-0.4, -0.2) is 11.8 Å². The topological polar surface area (TPSA) is 49.4 Å². The third-order valence-electron chi connectivity index (χ3n) is 5.16. The van der Waals surface area contributed by atoms with Crippen LogP contribution < -0.4 is 10.2 Å². The molecule has 2 amide bonds. The molecular formula is C25H21ClN2O2. The Morgan fingerprint density at radius 2 is 1.37 bits per heavy atom.